The van der Waals surface area contributed by atoms with Crippen molar-refractivity contribution in [3.63, 3.8) is 0 Å². The maximum Gasteiger partial charge on any atom is 0.414 e. The summed E-state index contributed by atoms with van der Waals surface area (Å²) in [7, 11) is 1.54. The number of pyridine rings is 2. The number of ether oxygens (including phenoxy) is 4. The van der Waals surface area contributed by atoms with E-state index in [9.17, 15) is 9.59 Å². The van der Waals surface area contributed by atoms with Gasteiger partial charge in [-0.2, -0.15) is 0 Å². The molecule has 2 unspecified atom stereocenters. The van der Waals surface area contributed by atoms with E-state index in [0.29, 0.717) is 47.3 Å². The molecule has 0 spiro atoms. The highest BCUT2D eigenvalue weighted by Gasteiger charge is 2.33. The van der Waals surface area contributed by atoms with Gasteiger partial charge in [-0.3, -0.25) is 14.7 Å². The van der Waals surface area contributed by atoms with Crippen molar-refractivity contribution in [1.82, 2.24) is 15.3 Å². The zero-order chi connectivity index (χ0) is 24.4. The number of nitrogens with zero attached hydrogens (tertiary/aromatic N) is 3. The highest BCUT2D eigenvalue weighted by atomic mass is 16.6. The molecule has 11 nitrogen and oxygen atoms in total. The van der Waals surface area contributed by atoms with Crippen LogP contribution in [-0.4, -0.2) is 67.5 Å². The number of hydrogen-bond donors (Lipinski definition) is 2. The molecule has 2 aromatic heterocycles. The van der Waals surface area contributed by atoms with Crippen LogP contribution in [0.15, 0.2) is 42.6 Å². The Morgan fingerprint density at radius 2 is 2.06 bits per heavy atom. The summed E-state index contributed by atoms with van der Waals surface area (Å²) in [4.78, 5) is 35.3. The van der Waals surface area contributed by atoms with Gasteiger partial charge in [-0.1, -0.05) is 0 Å². The van der Waals surface area contributed by atoms with Crippen LogP contribution >= 0.6 is 0 Å². The molecule has 2 aliphatic rings. The minimum absolute atomic E-state index is 0.141. The van der Waals surface area contributed by atoms with Gasteiger partial charge in [0.2, 0.25) is 11.8 Å². The Hall–Kier alpha value is -4.12. The van der Waals surface area contributed by atoms with E-state index in [2.05, 4.69) is 15.3 Å². The Morgan fingerprint density at radius 3 is 2.89 bits per heavy atom. The second-order valence-corrected chi connectivity index (χ2v) is 8.19. The fraction of sp³-hybridized carbons (Fsp3) is 0.333. The lowest BCUT2D eigenvalue weighted by Crippen LogP contribution is -2.45. The molecule has 1 saturated heterocycles. The molecule has 0 aliphatic carbocycles. The molecule has 0 saturated carbocycles. The third-order valence-corrected chi connectivity index (χ3v) is 5.84. The topological polar surface area (TPSA) is 138 Å². The van der Waals surface area contributed by atoms with E-state index in [1.165, 1.54) is 12.0 Å². The van der Waals surface area contributed by atoms with Gasteiger partial charge in [-0.15, -0.1) is 0 Å². The number of benzene rings is 1. The maximum atomic E-state index is 12.7. The third-order valence-electron chi connectivity index (χ3n) is 5.84. The predicted octanol–water partition coefficient (Wildman–Crippen LogP) is 1.42. The molecule has 1 aromatic carbocycles. The second kappa shape index (κ2) is 9.63. The normalized spacial score (nSPS) is 17.7. The molecule has 3 aromatic rings. The summed E-state index contributed by atoms with van der Waals surface area (Å²) >= 11 is 0. The summed E-state index contributed by atoms with van der Waals surface area (Å²) in [6, 6.07) is 9.77. The van der Waals surface area contributed by atoms with E-state index in [-0.39, 0.29) is 25.4 Å². The van der Waals surface area contributed by atoms with Crippen LogP contribution in [0.3, 0.4) is 0 Å². The van der Waals surface area contributed by atoms with Crippen LogP contribution in [0.5, 0.6) is 17.4 Å². The number of fused-ring (bicyclic) bond motifs is 2. The van der Waals surface area contributed by atoms with Gasteiger partial charge in [0.1, 0.15) is 19.3 Å². The largest absolute Gasteiger partial charge is 0.486 e. The summed E-state index contributed by atoms with van der Waals surface area (Å²) < 4.78 is 21.7. The van der Waals surface area contributed by atoms with Crippen molar-refractivity contribution < 1.29 is 28.5 Å². The van der Waals surface area contributed by atoms with E-state index >= 15 is 0 Å². The predicted molar refractivity (Wildman–Crippen MR) is 126 cm³/mol. The minimum Gasteiger partial charge on any atom is -0.486 e. The van der Waals surface area contributed by atoms with Gasteiger partial charge in [0.15, 0.2) is 11.5 Å². The van der Waals surface area contributed by atoms with Crippen molar-refractivity contribution in [1.29, 1.82) is 0 Å². The molecule has 35 heavy (non-hydrogen) atoms. The average Bonchev–Trinajstić information content (AvgIpc) is 3.27. The highest BCUT2D eigenvalue weighted by Crippen LogP contribution is 2.35. The lowest BCUT2D eigenvalue weighted by Gasteiger charge is -2.21. The Morgan fingerprint density at radius 1 is 1.23 bits per heavy atom. The molecule has 0 bridgehead atoms. The van der Waals surface area contributed by atoms with Gasteiger partial charge in [-0.05, 0) is 36.2 Å². The van der Waals surface area contributed by atoms with E-state index in [4.69, 9.17) is 24.7 Å². The van der Waals surface area contributed by atoms with Crippen molar-refractivity contribution in [2.45, 2.75) is 18.6 Å². The Bertz CT molecular complexity index is 1270. The van der Waals surface area contributed by atoms with Crippen LogP contribution in [0.2, 0.25) is 0 Å². The molecule has 0 radical (unpaired) electrons. The van der Waals surface area contributed by atoms with Gasteiger partial charge in [0.05, 0.1) is 43.0 Å². The number of anilines is 1. The average molecular weight is 479 g/mol. The van der Waals surface area contributed by atoms with Crippen LogP contribution in [0.4, 0.5) is 10.5 Å². The van der Waals surface area contributed by atoms with Gasteiger partial charge >= 0.3 is 6.09 Å². The summed E-state index contributed by atoms with van der Waals surface area (Å²) in [5.74, 6) is 1.32. The number of cyclic esters (lactones) is 1. The van der Waals surface area contributed by atoms with E-state index in [1.54, 1.807) is 42.6 Å². The zero-order valence-electron chi connectivity index (χ0n) is 19.1. The number of amides is 2. The minimum atomic E-state index is -0.820. The first kappa shape index (κ1) is 22.7. The smallest absolute Gasteiger partial charge is 0.414 e. The summed E-state index contributed by atoms with van der Waals surface area (Å²) in [6.45, 7) is 1.37. The van der Waals surface area contributed by atoms with Crippen LogP contribution in [-0.2, 0) is 16.0 Å². The number of rotatable bonds is 7. The van der Waals surface area contributed by atoms with E-state index < -0.39 is 18.2 Å². The Labute approximate surface area is 201 Å². The number of nitrogens with two attached hydrogens (primary N) is 1. The summed E-state index contributed by atoms with van der Waals surface area (Å²) in [6.07, 6.45) is 0.910. The number of carbonyl (C=O) groups is 2. The molecular formula is C24H25N5O6. The number of hydrogen-bond acceptors (Lipinski definition) is 9. The van der Waals surface area contributed by atoms with Gasteiger partial charge < -0.3 is 30.0 Å². The van der Waals surface area contributed by atoms with Crippen molar-refractivity contribution in [2.75, 3.05) is 38.3 Å². The first-order valence-electron chi connectivity index (χ1n) is 11.2. The first-order chi connectivity index (χ1) is 17.0. The third kappa shape index (κ3) is 4.76. The second-order valence-electron chi connectivity index (χ2n) is 8.19. The lowest BCUT2D eigenvalue weighted by molar-refractivity contribution is -0.122. The van der Waals surface area contributed by atoms with Crippen molar-refractivity contribution >= 4 is 28.7 Å². The molecule has 1 fully saturated rings. The van der Waals surface area contributed by atoms with Crippen molar-refractivity contribution in [3.05, 3.63) is 48.2 Å². The molecule has 3 N–H and O–H groups in total. The first-order valence-corrected chi connectivity index (χ1v) is 11.2. The van der Waals surface area contributed by atoms with Crippen LogP contribution in [0, 0.1) is 0 Å². The maximum absolute atomic E-state index is 12.7. The molecule has 2 amide bonds. The summed E-state index contributed by atoms with van der Waals surface area (Å²) in [5, 5.41) is 2.78. The number of aromatic nitrogens is 2. The van der Waals surface area contributed by atoms with Gasteiger partial charge in [0, 0.05) is 18.3 Å². The molecular weight excluding hydrogens is 454 g/mol. The van der Waals surface area contributed by atoms with Crippen LogP contribution in [0.25, 0.3) is 11.0 Å². The fourth-order valence-electron chi connectivity index (χ4n) is 4.05. The van der Waals surface area contributed by atoms with Crippen molar-refractivity contribution in [2.24, 2.45) is 5.73 Å². The Kier molecular flexibility index (Phi) is 6.23. The number of nitrogens with one attached hydrogen (secondary N) is 1. The highest BCUT2D eigenvalue weighted by molar-refractivity contribution is 5.90. The van der Waals surface area contributed by atoms with E-state index in [0.717, 1.165) is 5.56 Å². The molecule has 5 rings (SSSR count). The molecule has 2 aliphatic heterocycles. The number of methoxy groups -OCH3 is 1. The van der Waals surface area contributed by atoms with Gasteiger partial charge in [0.25, 0.3) is 0 Å². The zero-order valence-corrected chi connectivity index (χ0v) is 19.1. The quantitative estimate of drug-likeness (QED) is 0.515. The summed E-state index contributed by atoms with van der Waals surface area (Å²) in [5.41, 5.74) is 8.91. The monoisotopic (exact) mass is 479 g/mol. The standard InChI is InChI=1S/C24H25N5O6/c1-32-21-5-3-18-22(28-21)14(6-7-26-18)10-17(25)23(30)27-12-16-13-29(24(31)35-16)15-2-4-19-20(11-15)34-9-8-33-19/h2-7,11,16-17H,8-10,12-13,25H2,1H3,(H,27,30). The van der Waals surface area contributed by atoms with Crippen LogP contribution < -0.4 is 30.2 Å². The van der Waals surface area contributed by atoms with E-state index in [1.807, 2.05) is 0 Å². The Balaban J connectivity index is 1.18. The molecule has 182 valence electrons. The molecule has 11 heteroatoms. The van der Waals surface area contributed by atoms with Crippen LogP contribution in [0.1, 0.15) is 5.56 Å². The molecule has 4 heterocycles. The van der Waals surface area contributed by atoms with Crippen molar-refractivity contribution in [3.8, 4) is 17.4 Å². The fourth-order valence-corrected chi connectivity index (χ4v) is 4.05. The lowest BCUT2D eigenvalue weighted by atomic mass is 10.0. The molecule has 2 atom stereocenters. The van der Waals surface area contributed by atoms with Gasteiger partial charge in [-0.25, -0.2) is 9.78 Å². The number of carbonyl (C=O) groups excluding carboxylic acids is 2. The SMILES string of the molecule is COc1ccc2nccc(CC(N)C(=O)NCC3CN(c4ccc5c(c4)OCCO5)C(=O)O3)c2n1.